The van der Waals surface area contributed by atoms with Gasteiger partial charge in [-0.2, -0.15) is 0 Å². The first-order valence-corrected chi connectivity index (χ1v) is 9.22. The van der Waals surface area contributed by atoms with Crippen LogP contribution in [0, 0.1) is 17.8 Å². The van der Waals surface area contributed by atoms with Crippen molar-refractivity contribution in [1.29, 1.82) is 0 Å². The van der Waals surface area contributed by atoms with Gasteiger partial charge in [0.15, 0.2) is 0 Å². The van der Waals surface area contributed by atoms with Crippen LogP contribution in [-0.2, 0) is 0 Å². The maximum atomic E-state index is 3.76. The first-order valence-electron chi connectivity index (χ1n) is 9.22. The summed E-state index contributed by atoms with van der Waals surface area (Å²) in [5.41, 5.74) is 0. The van der Waals surface area contributed by atoms with Gasteiger partial charge in [-0.25, -0.2) is 0 Å². The van der Waals surface area contributed by atoms with Crippen LogP contribution in [0.3, 0.4) is 0 Å². The molecule has 0 aromatic carbocycles. The van der Waals surface area contributed by atoms with E-state index in [0.29, 0.717) is 0 Å². The van der Waals surface area contributed by atoms with Gasteiger partial charge in [0.05, 0.1) is 0 Å². The van der Waals surface area contributed by atoms with Crippen LogP contribution >= 0.6 is 0 Å². The van der Waals surface area contributed by atoms with Gasteiger partial charge in [0.25, 0.3) is 0 Å². The molecular formula is C18H36N2. The number of hydrogen-bond donors (Lipinski definition) is 1. The van der Waals surface area contributed by atoms with Gasteiger partial charge >= 0.3 is 0 Å². The quantitative estimate of drug-likeness (QED) is 0.793. The molecule has 1 aliphatic heterocycles. The highest BCUT2D eigenvalue weighted by Gasteiger charge is 2.31. The molecule has 2 heteroatoms. The van der Waals surface area contributed by atoms with Crippen LogP contribution in [0.2, 0.25) is 0 Å². The van der Waals surface area contributed by atoms with Crippen molar-refractivity contribution in [2.45, 2.75) is 71.8 Å². The Bertz CT molecular complexity index is 258. The molecule has 1 saturated carbocycles. The van der Waals surface area contributed by atoms with E-state index in [1.807, 2.05) is 0 Å². The minimum Gasteiger partial charge on any atom is -0.314 e. The lowest BCUT2D eigenvalue weighted by atomic mass is 9.76. The summed E-state index contributed by atoms with van der Waals surface area (Å²) >= 11 is 0. The SMILES string of the molecule is CCNC1CCC(CC)CC1CN1CCC(CC)CC1. The zero-order chi connectivity index (χ0) is 14.4. The van der Waals surface area contributed by atoms with E-state index in [1.54, 1.807) is 0 Å². The van der Waals surface area contributed by atoms with E-state index in [9.17, 15) is 0 Å². The van der Waals surface area contributed by atoms with E-state index in [0.717, 1.165) is 30.3 Å². The van der Waals surface area contributed by atoms with Crippen molar-refractivity contribution in [2.24, 2.45) is 17.8 Å². The third-order valence-corrected chi connectivity index (χ3v) is 5.91. The van der Waals surface area contributed by atoms with Gasteiger partial charge in [-0.05, 0) is 69.5 Å². The monoisotopic (exact) mass is 280 g/mol. The highest BCUT2D eigenvalue weighted by molar-refractivity contribution is 4.87. The summed E-state index contributed by atoms with van der Waals surface area (Å²) in [7, 11) is 0. The van der Waals surface area contributed by atoms with E-state index < -0.39 is 0 Å². The van der Waals surface area contributed by atoms with Crippen molar-refractivity contribution in [3.8, 4) is 0 Å². The molecule has 0 spiro atoms. The van der Waals surface area contributed by atoms with Crippen molar-refractivity contribution < 1.29 is 0 Å². The van der Waals surface area contributed by atoms with Crippen LogP contribution in [0.1, 0.15) is 65.7 Å². The van der Waals surface area contributed by atoms with Crippen molar-refractivity contribution >= 4 is 0 Å². The predicted octanol–water partition coefficient (Wildman–Crippen LogP) is 3.91. The first-order chi connectivity index (χ1) is 9.76. The van der Waals surface area contributed by atoms with Crippen LogP contribution < -0.4 is 5.32 Å². The van der Waals surface area contributed by atoms with Gasteiger partial charge in [0, 0.05) is 12.6 Å². The molecule has 1 saturated heterocycles. The van der Waals surface area contributed by atoms with E-state index in [4.69, 9.17) is 0 Å². The Morgan fingerprint density at radius 1 is 0.900 bits per heavy atom. The number of nitrogens with one attached hydrogen (secondary N) is 1. The summed E-state index contributed by atoms with van der Waals surface area (Å²) in [4.78, 5) is 2.76. The largest absolute Gasteiger partial charge is 0.314 e. The fourth-order valence-corrected chi connectivity index (χ4v) is 4.37. The molecule has 1 N–H and O–H groups in total. The Morgan fingerprint density at radius 3 is 2.20 bits per heavy atom. The zero-order valence-electron chi connectivity index (χ0n) is 14.0. The summed E-state index contributed by atoms with van der Waals surface area (Å²) in [5, 5.41) is 3.76. The topological polar surface area (TPSA) is 15.3 Å². The number of likely N-dealkylation sites (tertiary alicyclic amines) is 1. The molecule has 3 unspecified atom stereocenters. The van der Waals surface area contributed by atoms with E-state index in [-0.39, 0.29) is 0 Å². The second kappa shape index (κ2) is 8.38. The van der Waals surface area contributed by atoms with Gasteiger partial charge in [0.1, 0.15) is 0 Å². The van der Waals surface area contributed by atoms with Crippen LogP contribution in [0.25, 0.3) is 0 Å². The molecular weight excluding hydrogens is 244 g/mol. The Morgan fingerprint density at radius 2 is 1.60 bits per heavy atom. The van der Waals surface area contributed by atoms with Crippen LogP contribution in [0.15, 0.2) is 0 Å². The molecule has 20 heavy (non-hydrogen) atoms. The first kappa shape index (κ1) is 16.3. The molecule has 0 amide bonds. The predicted molar refractivity (Wildman–Crippen MR) is 88.0 cm³/mol. The molecule has 2 aliphatic rings. The zero-order valence-corrected chi connectivity index (χ0v) is 14.0. The molecule has 2 rings (SSSR count). The second-order valence-corrected chi connectivity index (χ2v) is 7.16. The molecule has 3 atom stereocenters. The standard InChI is InChI=1S/C18H36N2/c1-4-15-9-11-20(12-10-15)14-17-13-16(5-2)7-8-18(17)19-6-3/h15-19H,4-14H2,1-3H3. The Kier molecular flexibility index (Phi) is 6.83. The van der Waals surface area contributed by atoms with Gasteiger partial charge in [0.2, 0.25) is 0 Å². The Hall–Kier alpha value is -0.0800. The van der Waals surface area contributed by atoms with Crippen molar-refractivity contribution in [3.63, 3.8) is 0 Å². The lowest BCUT2D eigenvalue weighted by Crippen LogP contribution is -2.47. The second-order valence-electron chi connectivity index (χ2n) is 7.16. The molecule has 0 aromatic heterocycles. The van der Waals surface area contributed by atoms with Crippen LogP contribution in [0.5, 0.6) is 0 Å². The lowest BCUT2D eigenvalue weighted by molar-refractivity contribution is 0.109. The molecule has 118 valence electrons. The van der Waals surface area contributed by atoms with Gasteiger partial charge < -0.3 is 10.2 Å². The molecule has 2 nitrogen and oxygen atoms in total. The van der Waals surface area contributed by atoms with Gasteiger partial charge in [-0.3, -0.25) is 0 Å². The Labute approximate surface area is 126 Å². The number of hydrogen-bond acceptors (Lipinski definition) is 2. The van der Waals surface area contributed by atoms with E-state index in [1.165, 1.54) is 64.6 Å². The third kappa shape index (κ3) is 4.46. The normalized spacial score (nSPS) is 33.5. The summed E-state index contributed by atoms with van der Waals surface area (Å²) in [6.45, 7) is 12.2. The van der Waals surface area contributed by atoms with Crippen molar-refractivity contribution in [1.82, 2.24) is 10.2 Å². The highest BCUT2D eigenvalue weighted by Crippen LogP contribution is 2.33. The summed E-state index contributed by atoms with van der Waals surface area (Å²) < 4.78 is 0. The van der Waals surface area contributed by atoms with Crippen LogP contribution in [0.4, 0.5) is 0 Å². The van der Waals surface area contributed by atoms with E-state index >= 15 is 0 Å². The van der Waals surface area contributed by atoms with Crippen LogP contribution in [-0.4, -0.2) is 37.1 Å². The molecule has 0 radical (unpaired) electrons. The third-order valence-electron chi connectivity index (χ3n) is 5.91. The summed E-state index contributed by atoms with van der Waals surface area (Å²) in [6, 6.07) is 0.784. The minimum atomic E-state index is 0.784. The smallest absolute Gasteiger partial charge is 0.0108 e. The maximum Gasteiger partial charge on any atom is 0.0108 e. The molecule has 0 aromatic rings. The average molecular weight is 280 g/mol. The molecule has 1 heterocycles. The molecule has 0 bridgehead atoms. The fourth-order valence-electron chi connectivity index (χ4n) is 4.37. The maximum absolute atomic E-state index is 3.76. The highest BCUT2D eigenvalue weighted by atomic mass is 15.1. The molecule has 2 fully saturated rings. The van der Waals surface area contributed by atoms with Crippen molar-refractivity contribution in [3.05, 3.63) is 0 Å². The summed E-state index contributed by atoms with van der Waals surface area (Å²) in [5.74, 6) is 2.89. The van der Waals surface area contributed by atoms with Gasteiger partial charge in [-0.15, -0.1) is 0 Å². The average Bonchev–Trinajstić information content (AvgIpc) is 2.50. The van der Waals surface area contributed by atoms with Gasteiger partial charge in [-0.1, -0.05) is 33.6 Å². The molecule has 1 aliphatic carbocycles. The Balaban J connectivity index is 1.83. The number of piperidine rings is 1. The van der Waals surface area contributed by atoms with Crippen molar-refractivity contribution in [2.75, 3.05) is 26.2 Å². The number of nitrogens with zero attached hydrogens (tertiary/aromatic N) is 1. The fraction of sp³-hybridized carbons (Fsp3) is 1.00. The lowest BCUT2D eigenvalue weighted by Gasteiger charge is -2.41. The number of rotatable bonds is 6. The van der Waals surface area contributed by atoms with E-state index in [2.05, 4.69) is 31.0 Å². The minimum absolute atomic E-state index is 0.784. The summed E-state index contributed by atoms with van der Waals surface area (Å²) in [6.07, 6.45) is 9.95.